The third-order valence-electron chi connectivity index (χ3n) is 7.08. The van der Waals surface area contributed by atoms with Crippen molar-refractivity contribution >= 4 is 24.4 Å². The summed E-state index contributed by atoms with van der Waals surface area (Å²) in [5, 5.41) is 2.88. The first-order valence-corrected chi connectivity index (χ1v) is 16.6. The Bertz CT molecular complexity index is 899. The fraction of sp³-hybridized carbons (Fsp3) is 0.720. The van der Waals surface area contributed by atoms with Crippen LogP contribution < -0.4 is 14.5 Å². The van der Waals surface area contributed by atoms with Crippen LogP contribution in [0.2, 0.25) is 16.6 Å². The van der Waals surface area contributed by atoms with E-state index in [0.29, 0.717) is 42.6 Å². The molecule has 1 aromatic carbocycles. The average molecular weight is 512 g/mol. The van der Waals surface area contributed by atoms with E-state index >= 15 is 0 Å². The number of sulfonamides is 1. The van der Waals surface area contributed by atoms with Crippen molar-refractivity contribution in [2.75, 3.05) is 19.3 Å². The van der Waals surface area contributed by atoms with Crippen LogP contribution in [0.1, 0.15) is 66.9 Å². The number of nitrogens with one attached hydrogen (secondary N) is 2. The lowest BCUT2D eigenvalue weighted by Gasteiger charge is -2.42. The summed E-state index contributed by atoms with van der Waals surface area (Å²) in [4.78, 5) is 14.6. The van der Waals surface area contributed by atoms with Gasteiger partial charge in [0.25, 0.3) is 8.32 Å². The average Bonchev–Trinajstić information content (AvgIpc) is 2.71. The van der Waals surface area contributed by atoms with Gasteiger partial charge >= 0.3 is 6.03 Å². The van der Waals surface area contributed by atoms with Crippen molar-refractivity contribution < 1.29 is 17.6 Å². The van der Waals surface area contributed by atoms with Crippen molar-refractivity contribution in [1.29, 1.82) is 0 Å². The molecule has 2 atom stereocenters. The Morgan fingerprint density at radius 2 is 1.76 bits per heavy atom. The molecule has 0 saturated carbocycles. The van der Waals surface area contributed by atoms with Gasteiger partial charge in [0, 0.05) is 19.1 Å². The van der Waals surface area contributed by atoms with E-state index in [2.05, 4.69) is 57.6 Å². The Kier molecular flexibility index (Phi) is 10.0. The third kappa shape index (κ3) is 6.98. The van der Waals surface area contributed by atoms with Crippen molar-refractivity contribution in [3.05, 3.63) is 29.8 Å². The molecule has 1 aliphatic heterocycles. The molecule has 1 fully saturated rings. The largest absolute Gasteiger partial charge is 0.543 e. The summed E-state index contributed by atoms with van der Waals surface area (Å²) in [5.74, 6) is 0.869. The zero-order valence-corrected chi connectivity index (χ0v) is 24.0. The Hall–Kier alpha value is -1.58. The van der Waals surface area contributed by atoms with Gasteiger partial charge < -0.3 is 14.6 Å². The lowest BCUT2D eigenvalue weighted by atomic mass is 9.91. The Morgan fingerprint density at radius 1 is 1.15 bits per heavy atom. The maximum absolute atomic E-state index is 12.8. The summed E-state index contributed by atoms with van der Waals surface area (Å²) in [6.07, 6.45) is 3.20. The molecule has 0 spiro atoms. The van der Waals surface area contributed by atoms with E-state index < -0.39 is 18.3 Å². The molecule has 0 aliphatic carbocycles. The first-order valence-electron chi connectivity index (χ1n) is 12.6. The summed E-state index contributed by atoms with van der Waals surface area (Å²) >= 11 is 0. The monoisotopic (exact) mass is 511 g/mol. The van der Waals surface area contributed by atoms with E-state index in [-0.39, 0.29) is 18.1 Å². The molecule has 34 heavy (non-hydrogen) atoms. The topological polar surface area (TPSA) is 87.7 Å². The summed E-state index contributed by atoms with van der Waals surface area (Å²) in [5.41, 5.74) is 2.43. The highest BCUT2D eigenvalue weighted by Crippen LogP contribution is 2.42. The number of amides is 2. The molecule has 1 heterocycles. The van der Waals surface area contributed by atoms with Crippen LogP contribution in [0.5, 0.6) is 5.75 Å². The molecule has 1 aromatic rings. The fourth-order valence-corrected chi connectivity index (χ4v) is 11.8. The summed E-state index contributed by atoms with van der Waals surface area (Å²) in [6, 6.07) is 7.40. The SMILES string of the molecule is CCNC(=O)N1CCCC(NS(C)(=O)=O)C1Cc1cccc(O[Si](C(C)C)(C(C)C)C(C)C)c1. The van der Waals surface area contributed by atoms with Crippen LogP contribution in [0, 0.1) is 0 Å². The number of rotatable bonds is 10. The highest BCUT2D eigenvalue weighted by atomic mass is 32.2. The van der Waals surface area contributed by atoms with Gasteiger partial charge in [-0.3, -0.25) is 0 Å². The fourth-order valence-electron chi connectivity index (χ4n) is 5.76. The van der Waals surface area contributed by atoms with Crippen molar-refractivity contribution in [1.82, 2.24) is 14.9 Å². The number of carbonyl (C=O) groups is 1. The minimum atomic E-state index is -3.40. The number of piperidine rings is 1. The number of benzene rings is 1. The van der Waals surface area contributed by atoms with Gasteiger partial charge in [-0.15, -0.1) is 0 Å². The van der Waals surface area contributed by atoms with E-state index in [1.54, 1.807) is 4.90 Å². The van der Waals surface area contributed by atoms with Crippen molar-refractivity contribution in [2.24, 2.45) is 0 Å². The second-order valence-corrected chi connectivity index (χ2v) is 17.7. The first-order chi connectivity index (χ1) is 15.8. The molecule has 0 aromatic heterocycles. The molecule has 0 bridgehead atoms. The van der Waals surface area contributed by atoms with Crippen LogP contribution in [-0.4, -0.2) is 59.1 Å². The van der Waals surface area contributed by atoms with Crippen LogP contribution in [0.25, 0.3) is 0 Å². The minimum Gasteiger partial charge on any atom is -0.543 e. The predicted molar refractivity (Wildman–Crippen MR) is 142 cm³/mol. The highest BCUT2D eigenvalue weighted by Gasteiger charge is 2.47. The second-order valence-electron chi connectivity index (χ2n) is 10.5. The van der Waals surface area contributed by atoms with Gasteiger partial charge in [0.05, 0.1) is 12.3 Å². The zero-order valence-electron chi connectivity index (χ0n) is 22.2. The summed E-state index contributed by atoms with van der Waals surface area (Å²) in [7, 11) is -5.50. The maximum atomic E-state index is 12.8. The van der Waals surface area contributed by atoms with Gasteiger partial charge in [0.2, 0.25) is 10.0 Å². The molecule has 2 amide bonds. The summed E-state index contributed by atoms with van der Waals surface area (Å²) in [6.45, 7) is 16.6. The van der Waals surface area contributed by atoms with Crippen LogP contribution in [0.15, 0.2) is 24.3 Å². The standard InChI is InChI=1S/C25H45N3O4SSi/c1-9-26-25(29)28-15-11-14-23(27-33(8,30)31)24(28)17-21-12-10-13-22(16-21)32-34(18(2)3,19(4)5)20(6)7/h10,12-13,16,18-20,23-24,27H,9,11,14-15,17H2,1-8H3,(H,26,29). The maximum Gasteiger partial charge on any atom is 0.317 e. The van der Waals surface area contributed by atoms with Crippen LogP contribution in [-0.2, 0) is 16.4 Å². The summed E-state index contributed by atoms with van der Waals surface area (Å²) < 4.78 is 33.8. The smallest absolute Gasteiger partial charge is 0.317 e. The normalized spacial score (nSPS) is 19.7. The highest BCUT2D eigenvalue weighted by molar-refractivity contribution is 7.88. The molecular weight excluding hydrogens is 466 g/mol. The van der Waals surface area contributed by atoms with Gasteiger partial charge in [-0.2, -0.15) is 0 Å². The van der Waals surface area contributed by atoms with Gasteiger partial charge in [-0.25, -0.2) is 17.9 Å². The lowest BCUT2D eigenvalue weighted by Crippen LogP contribution is -2.59. The molecule has 0 radical (unpaired) electrons. The lowest BCUT2D eigenvalue weighted by molar-refractivity contribution is 0.134. The Morgan fingerprint density at radius 3 is 2.29 bits per heavy atom. The molecule has 2 rings (SSSR count). The van der Waals surface area contributed by atoms with E-state index in [0.717, 1.165) is 17.7 Å². The number of likely N-dealkylation sites (tertiary alicyclic amines) is 1. The molecule has 9 heteroatoms. The van der Waals surface area contributed by atoms with Crippen molar-refractivity contribution in [3.63, 3.8) is 0 Å². The molecule has 2 unspecified atom stereocenters. The quantitative estimate of drug-likeness (QED) is 0.438. The second kappa shape index (κ2) is 11.9. The zero-order chi connectivity index (χ0) is 25.7. The van der Waals surface area contributed by atoms with E-state index in [4.69, 9.17) is 4.43 Å². The number of nitrogens with zero attached hydrogens (tertiary/aromatic N) is 1. The molecule has 1 saturated heterocycles. The first kappa shape index (κ1) is 28.7. The van der Waals surface area contributed by atoms with Crippen LogP contribution >= 0.6 is 0 Å². The van der Waals surface area contributed by atoms with E-state index in [9.17, 15) is 13.2 Å². The van der Waals surface area contributed by atoms with Crippen molar-refractivity contribution in [2.45, 2.75) is 96.4 Å². The van der Waals surface area contributed by atoms with Gasteiger partial charge in [-0.1, -0.05) is 53.7 Å². The molecule has 194 valence electrons. The van der Waals surface area contributed by atoms with Crippen molar-refractivity contribution in [3.8, 4) is 5.75 Å². The number of carbonyl (C=O) groups excluding carboxylic acids is 1. The third-order valence-corrected chi connectivity index (χ3v) is 13.8. The molecule has 1 aliphatic rings. The molecular formula is C25H45N3O4SSi. The van der Waals surface area contributed by atoms with E-state index in [1.165, 1.54) is 6.26 Å². The van der Waals surface area contributed by atoms with Crippen LogP contribution in [0.3, 0.4) is 0 Å². The number of hydrogen-bond donors (Lipinski definition) is 2. The molecule has 7 nitrogen and oxygen atoms in total. The van der Waals surface area contributed by atoms with Gasteiger partial charge in [0.15, 0.2) is 0 Å². The Balaban J connectivity index is 2.38. The minimum absolute atomic E-state index is 0.147. The van der Waals surface area contributed by atoms with Gasteiger partial charge in [-0.05, 0) is 60.5 Å². The van der Waals surface area contributed by atoms with Crippen LogP contribution in [0.4, 0.5) is 4.79 Å². The predicted octanol–water partition coefficient (Wildman–Crippen LogP) is 4.90. The Labute approximate surface area is 208 Å². The number of urea groups is 1. The number of hydrogen-bond acceptors (Lipinski definition) is 4. The van der Waals surface area contributed by atoms with E-state index in [1.807, 2.05) is 25.1 Å². The van der Waals surface area contributed by atoms with Gasteiger partial charge in [0.1, 0.15) is 5.75 Å². The molecule has 2 N–H and O–H groups in total.